The Morgan fingerprint density at radius 1 is 1.22 bits per heavy atom. The first kappa shape index (κ1) is 20.7. The molecule has 0 amide bonds. The number of aromatic nitrogens is 3. The van der Waals surface area contributed by atoms with Gasteiger partial charge in [-0.1, -0.05) is 0 Å². The van der Waals surface area contributed by atoms with Crippen molar-refractivity contribution in [3.8, 4) is 16.9 Å². The van der Waals surface area contributed by atoms with E-state index < -0.39 is 46.0 Å². The molecule has 162 valence electrons. The number of hydrogen-bond donors (Lipinski definition) is 3. The number of ether oxygens (including phenoxy) is 1. The molecule has 1 aliphatic heterocycles. The van der Waals surface area contributed by atoms with E-state index in [1.807, 2.05) is 0 Å². The van der Waals surface area contributed by atoms with Crippen LogP contribution in [-0.2, 0) is 16.1 Å². The highest BCUT2D eigenvalue weighted by atomic mass is 19.1. The first-order chi connectivity index (χ1) is 15.2. The lowest BCUT2D eigenvalue weighted by Gasteiger charge is -2.24. The van der Waals surface area contributed by atoms with Crippen molar-refractivity contribution in [2.75, 3.05) is 6.61 Å². The summed E-state index contributed by atoms with van der Waals surface area (Å²) in [5, 5.41) is 34.8. The number of aliphatic carboxylic acids is 2. The number of carbonyl (C=O) groups is 3. The van der Waals surface area contributed by atoms with Gasteiger partial charge in [0.25, 0.3) is 0 Å². The van der Waals surface area contributed by atoms with Gasteiger partial charge in [0, 0.05) is 17.8 Å². The van der Waals surface area contributed by atoms with Gasteiger partial charge in [0.15, 0.2) is 5.75 Å². The molecule has 2 aromatic heterocycles. The third-order valence-electron chi connectivity index (χ3n) is 4.82. The molecule has 0 saturated carbocycles. The zero-order valence-electron chi connectivity index (χ0n) is 15.9. The number of aromatic carboxylic acids is 1. The Balaban J connectivity index is 2.11. The first-order valence-corrected chi connectivity index (χ1v) is 8.96. The molecule has 3 aromatic rings. The van der Waals surface area contributed by atoms with Crippen LogP contribution in [0.15, 0.2) is 35.4 Å². The van der Waals surface area contributed by atoms with E-state index in [0.29, 0.717) is 6.08 Å². The molecule has 0 fully saturated rings. The SMILES string of the molecule is O=C(O)C=C(C(=O)O)c1nnccc1-c1c(F)cc2c(=O)c(C(=O)O)cn3c2c1OCC3. The van der Waals surface area contributed by atoms with E-state index in [1.165, 1.54) is 10.6 Å². The maximum Gasteiger partial charge on any atom is 0.341 e. The van der Waals surface area contributed by atoms with Crippen LogP contribution in [0.4, 0.5) is 4.39 Å². The van der Waals surface area contributed by atoms with Crippen LogP contribution >= 0.6 is 0 Å². The van der Waals surface area contributed by atoms with Crippen molar-refractivity contribution in [3.05, 3.63) is 57.9 Å². The molecule has 1 aliphatic rings. The molecule has 32 heavy (non-hydrogen) atoms. The molecular weight excluding hydrogens is 429 g/mol. The van der Waals surface area contributed by atoms with Crippen molar-refractivity contribution >= 4 is 34.4 Å². The number of pyridine rings is 1. The van der Waals surface area contributed by atoms with E-state index in [2.05, 4.69) is 10.2 Å². The lowest BCUT2D eigenvalue weighted by molar-refractivity contribution is -0.133. The van der Waals surface area contributed by atoms with E-state index in [9.17, 15) is 29.4 Å². The van der Waals surface area contributed by atoms with E-state index >= 15 is 4.39 Å². The minimum absolute atomic E-state index is 0.00504. The monoisotopic (exact) mass is 441 g/mol. The summed E-state index contributed by atoms with van der Waals surface area (Å²) in [5.74, 6) is -5.81. The Labute approximate surface area is 176 Å². The van der Waals surface area contributed by atoms with E-state index in [1.54, 1.807) is 0 Å². The topological polar surface area (TPSA) is 169 Å². The third-order valence-corrected chi connectivity index (χ3v) is 4.82. The summed E-state index contributed by atoms with van der Waals surface area (Å²) in [5.41, 5.74) is -2.91. The lowest BCUT2D eigenvalue weighted by atomic mass is 9.96. The van der Waals surface area contributed by atoms with Crippen LogP contribution in [0.3, 0.4) is 0 Å². The Kier molecular flexibility index (Phi) is 4.89. The molecule has 12 heteroatoms. The highest BCUT2D eigenvalue weighted by Crippen LogP contribution is 2.42. The van der Waals surface area contributed by atoms with Gasteiger partial charge >= 0.3 is 17.9 Å². The molecular formula is C20H12FN3O8. The van der Waals surface area contributed by atoms with Crippen molar-refractivity contribution in [2.45, 2.75) is 6.54 Å². The van der Waals surface area contributed by atoms with Crippen molar-refractivity contribution < 1.29 is 38.8 Å². The quantitative estimate of drug-likeness (QED) is 0.490. The van der Waals surface area contributed by atoms with Crippen molar-refractivity contribution in [3.63, 3.8) is 0 Å². The average Bonchev–Trinajstić information content (AvgIpc) is 2.74. The summed E-state index contributed by atoms with van der Waals surface area (Å²) in [7, 11) is 0. The van der Waals surface area contributed by atoms with Gasteiger partial charge in [-0.3, -0.25) is 4.79 Å². The van der Waals surface area contributed by atoms with Gasteiger partial charge in [-0.15, -0.1) is 5.10 Å². The summed E-state index contributed by atoms with van der Waals surface area (Å²) < 4.78 is 22.4. The van der Waals surface area contributed by atoms with Crippen LogP contribution in [0, 0.1) is 5.82 Å². The second-order valence-electron chi connectivity index (χ2n) is 6.67. The van der Waals surface area contributed by atoms with Crippen LogP contribution in [0.5, 0.6) is 5.75 Å². The second-order valence-corrected chi connectivity index (χ2v) is 6.67. The minimum atomic E-state index is -1.63. The largest absolute Gasteiger partial charge is 0.489 e. The van der Waals surface area contributed by atoms with E-state index in [0.717, 1.165) is 18.5 Å². The predicted octanol–water partition coefficient (Wildman–Crippen LogP) is 1.24. The van der Waals surface area contributed by atoms with Crippen molar-refractivity contribution in [2.24, 2.45) is 0 Å². The molecule has 0 aliphatic carbocycles. The number of carboxylic acid groups (broad SMARTS) is 3. The Morgan fingerprint density at radius 3 is 2.62 bits per heavy atom. The number of halogens is 1. The van der Waals surface area contributed by atoms with E-state index in [4.69, 9.17) is 9.84 Å². The summed E-state index contributed by atoms with van der Waals surface area (Å²) in [4.78, 5) is 46.8. The molecule has 0 bridgehead atoms. The second kappa shape index (κ2) is 7.58. The molecule has 11 nitrogen and oxygen atoms in total. The van der Waals surface area contributed by atoms with Crippen LogP contribution in [0.25, 0.3) is 27.6 Å². The number of hydrogen-bond acceptors (Lipinski definition) is 7. The Hall–Kier alpha value is -4.61. The maximum atomic E-state index is 15.3. The number of carboxylic acids is 3. The number of nitrogens with zero attached hydrogens (tertiary/aromatic N) is 3. The predicted molar refractivity (Wildman–Crippen MR) is 105 cm³/mol. The first-order valence-electron chi connectivity index (χ1n) is 8.96. The fourth-order valence-corrected chi connectivity index (χ4v) is 3.55. The molecule has 4 rings (SSSR count). The van der Waals surface area contributed by atoms with Gasteiger partial charge in [-0.05, 0) is 12.1 Å². The van der Waals surface area contributed by atoms with E-state index in [-0.39, 0.29) is 40.9 Å². The fourth-order valence-electron chi connectivity index (χ4n) is 3.55. The minimum Gasteiger partial charge on any atom is -0.489 e. The van der Waals surface area contributed by atoms with Crippen LogP contribution in [0.2, 0.25) is 0 Å². The normalized spacial score (nSPS) is 13.0. The smallest absolute Gasteiger partial charge is 0.341 e. The third kappa shape index (κ3) is 3.23. The van der Waals surface area contributed by atoms with Gasteiger partial charge in [0.2, 0.25) is 5.43 Å². The van der Waals surface area contributed by atoms with Gasteiger partial charge in [0.1, 0.15) is 23.7 Å². The molecule has 0 radical (unpaired) electrons. The molecule has 0 saturated heterocycles. The number of rotatable bonds is 5. The van der Waals surface area contributed by atoms with Crippen LogP contribution in [-0.4, -0.2) is 54.6 Å². The molecule has 0 atom stereocenters. The van der Waals surface area contributed by atoms with Gasteiger partial charge in [0.05, 0.1) is 34.8 Å². The highest BCUT2D eigenvalue weighted by Gasteiger charge is 2.29. The molecule has 3 heterocycles. The van der Waals surface area contributed by atoms with Gasteiger partial charge in [-0.2, -0.15) is 5.10 Å². The van der Waals surface area contributed by atoms with Crippen LogP contribution in [0.1, 0.15) is 16.1 Å². The van der Waals surface area contributed by atoms with Crippen LogP contribution < -0.4 is 10.2 Å². The average molecular weight is 441 g/mol. The standard InChI is InChI=1S/C20H12FN3O8/c21-12-5-10-16-18(32-4-3-24(16)7-11(17(10)27)20(30)31)14(12)8-1-2-22-23-15(8)9(19(28)29)6-13(25)26/h1-2,5-7H,3-4H2,(H,25,26)(H,28,29)(H,30,31). The molecule has 0 spiro atoms. The summed E-state index contributed by atoms with van der Waals surface area (Å²) >= 11 is 0. The van der Waals surface area contributed by atoms with Crippen molar-refractivity contribution in [1.82, 2.24) is 14.8 Å². The molecule has 0 unspecified atom stereocenters. The van der Waals surface area contributed by atoms with Crippen molar-refractivity contribution in [1.29, 1.82) is 0 Å². The summed E-state index contributed by atoms with van der Waals surface area (Å²) in [6, 6.07) is 2.06. The zero-order chi connectivity index (χ0) is 23.2. The summed E-state index contributed by atoms with van der Waals surface area (Å²) in [6.45, 7) is 0.182. The summed E-state index contributed by atoms with van der Waals surface area (Å²) in [6.07, 6.45) is 2.68. The maximum absolute atomic E-state index is 15.3. The zero-order valence-corrected chi connectivity index (χ0v) is 15.9. The van der Waals surface area contributed by atoms with Gasteiger partial charge in [-0.25, -0.2) is 18.8 Å². The Morgan fingerprint density at radius 2 is 1.97 bits per heavy atom. The molecule has 1 aromatic carbocycles. The molecule has 3 N–H and O–H groups in total. The van der Waals surface area contributed by atoms with Gasteiger partial charge < -0.3 is 24.6 Å². The Bertz CT molecular complexity index is 1430. The number of benzene rings is 1. The lowest BCUT2D eigenvalue weighted by Crippen LogP contribution is -2.24. The highest BCUT2D eigenvalue weighted by molar-refractivity contribution is 6.20. The fraction of sp³-hybridized carbons (Fsp3) is 0.100.